The molecule has 3 aliphatic rings. The Morgan fingerprint density at radius 3 is 1.84 bits per heavy atom. The van der Waals surface area contributed by atoms with Gasteiger partial charge >= 0.3 is 0 Å². The lowest BCUT2D eigenvalue weighted by Gasteiger charge is -2.40. The summed E-state index contributed by atoms with van der Waals surface area (Å²) in [6, 6.07) is 0. The zero-order valence-corrected chi connectivity index (χ0v) is 12.1. The SMILES string of the molecule is C1=CC(C(C2C=CCCC2)C2CC=CCC2)CCC1. The van der Waals surface area contributed by atoms with E-state index in [4.69, 9.17) is 0 Å². The van der Waals surface area contributed by atoms with Crippen LogP contribution in [-0.4, -0.2) is 0 Å². The van der Waals surface area contributed by atoms with Crippen LogP contribution in [0.15, 0.2) is 36.5 Å². The predicted molar refractivity (Wildman–Crippen MR) is 82.9 cm³/mol. The minimum atomic E-state index is 0.859. The van der Waals surface area contributed by atoms with Crippen molar-refractivity contribution in [3.63, 3.8) is 0 Å². The van der Waals surface area contributed by atoms with Crippen molar-refractivity contribution in [2.45, 2.75) is 57.8 Å². The molecule has 0 aromatic heterocycles. The molecular formula is C19H28. The fraction of sp³-hybridized carbons (Fsp3) is 0.684. The second kappa shape index (κ2) is 6.59. The summed E-state index contributed by atoms with van der Waals surface area (Å²) in [5.41, 5.74) is 0. The first-order valence-electron chi connectivity index (χ1n) is 8.43. The van der Waals surface area contributed by atoms with Crippen LogP contribution in [0.1, 0.15) is 57.8 Å². The monoisotopic (exact) mass is 256 g/mol. The first kappa shape index (κ1) is 13.2. The molecule has 0 amide bonds. The third-order valence-corrected chi connectivity index (χ3v) is 5.43. The van der Waals surface area contributed by atoms with E-state index >= 15 is 0 Å². The van der Waals surface area contributed by atoms with Crippen LogP contribution in [-0.2, 0) is 0 Å². The highest BCUT2D eigenvalue weighted by molar-refractivity contribution is 5.06. The maximum absolute atomic E-state index is 2.56. The molecule has 0 aliphatic heterocycles. The Hall–Kier alpha value is -0.780. The molecule has 0 saturated carbocycles. The summed E-state index contributed by atoms with van der Waals surface area (Å²) in [5.74, 6) is 3.57. The fourth-order valence-electron chi connectivity index (χ4n) is 4.50. The summed E-state index contributed by atoms with van der Waals surface area (Å²) in [6.07, 6.45) is 27.3. The number of hydrogen-bond acceptors (Lipinski definition) is 0. The Morgan fingerprint density at radius 2 is 1.37 bits per heavy atom. The number of allylic oxidation sites excluding steroid dienone is 6. The summed E-state index contributed by atoms with van der Waals surface area (Å²) >= 11 is 0. The van der Waals surface area contributed by atoms with Crippen LogP contribution < -0.4 is 0 Å². The molecule has 0 bridgehead atoms. The molecule has 0 aromatic carbocycles. The van der Waals surface area contributed by atoms with Crippen LogP contribution in [0, 0.1) is 23.7 Å². The predicted octanol–water partition coefficient (Wildman–Crippen LogP) is 5.67. The van der Waals surface area contributed by atoms with Crippen LogP contribution in [0.5, 0.6) is 0 Å². The van der Waals surface area contributed by atoms with Crippen LogP contribution in [0.4, 0.5) is 0 Å². The van der Waals surface area contributed by atoms with Gasteiger partial charge in [-0.1, -0.05) is 36.5 Å². The Kier molecular flexibility index (Phi) is 4.58. The van der Waals surface area contributed by atoms with Crippen LogP contribution in [0.3, 0.4) is 0 Å². The summed E-state index contributed by atoms with van der Waals surface area (Å²) in [4.78, 5) is 0. The molecule has 0 aromatic rings. The second-order valence-electron chi connectivity index (χ2n) is 6.67. The molecule has 3 aliphatic carbocycles. The Labute approximate surface area is 118 Å². The van der Waals surface area contributed by atoms with Gasteiger partial charge in [-0.15, -0.1) is 0 Å². The van der Waals surface area contributed by atoms with E-state index in [0.717, 1.165) is 23.7 Å². The fourth-order valence-corrected chi connectivity index (χ4v) is 4.50. The zero-order valence-electron chi connectivity index (χ0n) is 12.1. The molecule has 0 heteroatoms. The summed E-state index contributed by atoms with van der Waals surface area (Å²) in [7, 11) is 0. The van der Waals surface area contributed by atoms with Crippen molar-refractivity contribution in [3.05, 3.63) is 36.5 Å². The molecule has 0 N–H and O–H groups in total. The lowest BCUT2D eigenvalue weighted by atomic mass is 9.65. The first-order valence-corrected chi connectivity index (χ1v) is 8.43. The molecule has 0 nitrogen and oxygen atoms in total. The summed E-state index contributed by atoms with van der Waals surface area (Å²) in [6.45, 7) is 0. The van der Waals surface area contributed by atoms with E-state index in [1.807, 2.05) is 0 Å². The van der Waals surface area contributed by atoms with Gasteiger partial charge in [0.1, 0.15) is 0 Å². The molecule has 0 spiro atoms. The molecule has 0 heterocycles. The third kappa shape index (κ3) is 3.22. The number of hydrogen-bond donors (Lipinski definition) is 0. The average molecular weight is 256 g/mol. The highest BCUT2D eigenvalue weighted by Crippen LogP contribution is 2.43. The van der Waals surface area contributed by atoms with E-state index < -0.39 is 0 Å². The Balaban J connectivity index is 1.78. The standard InChI is InChI=1S/C19H28/c1-4-10-16(11-5-1)19(17-12-6-2-7-13-17)18-14-8-3-9-15-18/h1,4,6,8,12,14,16-19H,2-3,5,7,9-11,13,15H2. The van der Waals surface area contributed by atoms with E-state index in [9.17, 15) is 0 Å². The van der Waals surface area contributed by atoms with Gasteiger partial charge in [-0.3, -0.25) is 0 Å². The second-order valence-corrected chi connectivity index (χ2v) is 6.67. The van der Waals surface area contributed by atoms with Gasteiger partial charge in [-0.25, -0.2) is 0 Å². The van der Waals surface area contributed by atoms with Crippen molar-refractivity contribution in [1.29, 1.82) is 0 Å². The van der Waals surface area contributed by atoms with Crippen molar-refractivity contribution >= 4 is 0 Å². The van der Waals surface area contributed by atoms with Gasteiger partial charge < -0.3 is 0 Å². The van der Waals surface area contributed by atoms with Gasteiger partial charge in [0.2, 0.25) is 0 Å². The zero-order chi connectivity index (χ0) is 12.9. The van der Waals surface area contributed by atoms with Crippen molar-refractivity contribution in [1.82, 2.24) is 0 Å². The topological polar surface area (TPSA) is 0 Å². The molecule has 0 radical (unpaired) electrons. The Morgan fingerprint density at radius 1 is 0.684 bits per heavy atom. The third-order valence-electron chi connectivity index (χ3n) is 5.43. The van der Waals surface area contributed by atoms with Gasteiger partial charge in [0.15, 0.2) is 0 Å². The molecule has 3 unspecified atom stereocenters. The van der Waals surface area contributed by atoms with E-state index in [1.165, 1.54) is 57.8 Å². The van der Waals surface area contributed by atoms with E-state index in [0.29, 0.717) is 0 Å². The average Bonchev–Trinajstić information content (AvgIpc) is 2.51. The lowest BCUT2D eigenvalue weighted by molar-refractivity contribution is 0.164. The molecular weight excluding hydrogens is 228 g/mol. The van der Waals surface area contributed by atoms with E-state index in [2.05, 4.69) is 36.5 Å². The summed E-state index contributed by atoms with van der Waals surface area (Å²) < 4.78 is 0. The van der Waals surface area contributed by atoms with Crippen molar-refractivity contribution in [2.75, 3.05) is 0 Å². The molecule has 3 atom stereocenters. The van der Waals surface area contributed by atoms with Crippen molar-refractivity contribution in [2.24, 2.45) is 23.7 Å². The summed E-state index contributed by atoms with van der Waals surface area (Å²) in [5, 5.41) is 0. The van der Waals surface area contributed by atoms with Gasteiger partial charge in [0.25, 0.3) is 0 Å². The van der Waals surface area contributed by atoms with Crippen LogP contribution >= 0.6 is 0 Å². The molecule has 104 valence electrons. The maximum Gasteiger partial charge on any atom is -0.0197 e. The number of rotatable bonds is 3. The molecule has 3 rings (SSSR count). The largest absolute Gasteiger partial charge is 0.0885 e. The highest BCUT2D eigenvalue weighted by Gasteiger charge is 2.34. The highest BCUT2D eigenvalue weighted by atomic mass is 14.4. The Bertz CT molecular complexity index is 336. The van der Waals surface area contributed by atoms with Gasteiger partial charge in [0, 0.05) is 0 Å². The molecule has 19 heavy (non-hydrogen) atoms. The van der Waals surface area contributed by atoms with Crippen molar-refractivity contribution in [3.8, 4) is 0 Å². The maximum atomic E-state index is 2.56. The van der Waals surface area contributed by atoms with Gasteiger partial charge in [-0.2, -0.15) is 0 Å². The minimum Gasteiger partial charge on any atom is -0.0885 e. The van der Waals surface area contributed by atoms with Crippen LogP contribution in [0.2, 0.25) is 0 Å². The van der Waals surface area contributed by atoms with E-state index in [-0.39, 0.29) is 0 Å². The lowest BCUT2D eigenvalue weighted by Crippen LogP contribution is -2.31. The van der Waals surface area contributed by atoms with Gasteiger partial charge in [0.05, 0.1) is 0 Å². The quantitative estimate of drug-likeness (QED) is 0.571. The molecule has 0 fully saturated rings. The molecule has 0 saturated heterocycles. The van der Waals surface area contributed by atoms with Crippen molar-refractivity contribution < 1.29 is 0 Å². The minimum absolute atomic E-state index is 0.859. The van der Waals surface area contributed by atoms with E-state index in [1.54, 1.807) is 0 Å². The first-order chi connectivity index (χ1) is 9.45. The van der Waals surface area contributed by atoms with Gasteiger partial charge in [-0.05, 0) is 81.5 Å². The smallest absolute Gasteiger partial charge is 0.0197 e. The van der Waals surface area contributed by atoms with Crippen LogP contribution in [0.25, 0.3) is 0 Å². The normalized spacial score (nSPS) is 36.3.